The minimum Gasteiger partial charge on any atom is -0.497 e. The lowest BCUT2D eigenvalue weighted by atomic mass is 10.2. The van der Waals surface area contributed by atoms with Crippen LogP contribution in [0.1, 0.15) is 17.3 Å². The van der Waals surface area contributed by atoms with Gasteiger partial charge < -0.3 is 15.4 Å². The van der Waals surface area contributed by atoms with Crippen LogP contribution in [0.2, 0.25) is 0 Å². The first kappa shape index (κ1) is 20.4. The van der Waals surface area contributed by atoms with Crippen molar-refractivity contribution < 1.29 is 22.7 Å². The van der Waals surface area contributed by atoms with E-state index in [4.69, 9.17) is 4.74 Å². The number of carbonyl (C=O) groups is 2. The number of nitrogens with one attached hydrogen (secondary N) is 3. The molecule has 2 rings (SSSR count). The van der Waals surface area contributed by atoms with E-state index in [9.17, 15) is 18.0 Å². The van der Waals surface area contributed by atoms with E-state index < -0.39 is 22.0 Å². The standard InChI is InChI=1S/C18H21N3O5S/c1-12(21-27(24,25)16-10-8-15(26-3)9-11-16)17(22)20-14-6-4-13(5-7-14)18(23)19-2/h4-12,21H,1-3H3,(H,19,23)(H,20,22)/t12-/m0/s1. The van der Waals surface area contributed by atoms with E-state index in [2.05, 4.69) is 15.4 Å². The zero-order chi connectivity index (χ0) is 20.0. The van der Waals surface area contributed by atoms with Crippen molar-refractivity contribution in [2.24, 2.45) is 0 Å². The lowest BCUT2D eigenvalue weighted by molar-refractivity contribution is -0.117. The van der Waals surface area contributed by atoms with Gasteiger partial charge in [0, 0.05) is 18.3 Å². The van der Waals surface area contributed by atoms with Gasteiger partial charge in [-0.2, -0.15) is 4.72 Å². The van der Waals surface area contributed by atoms with Gasteiger partial charge >= 0.3 is 0 Å². The van der Waals surface area contributed by atoms with Gasteiger partial charge in [0.2, 0.25) is 15.9 Å². The van der Waals surface area contributed by atoms with Crippen LogP contribution >= 0.6 is 0 Å². The highest BCUT2D eigenvalue weighted by atomic mass is 32.2. The van der Waals surface area contributed by atoms with Crippen LogP contribution in [0.25, 0.3) is 0 Å². The Morgan fingerprint density at radius 3 is 2.11 bits per heavy atom. The fraction of sp³-hybridized carbons (Fsp3) is 0.222. The molecular weight excluding hydrogens is 370 g/mol. The zero-order valence-electron chi connectivity index (χ0n) is 15.1. The molecule has 9 heteroatoms. The molecule has 0 aliphatic heterocycles. The number of methoxy groups -OCH3 is 1. The number of rotatable bonds is 7. The molecule has 27 heavy (non-hydrogen) atoms. The van der Waals surface area contributed by atoms with Crippen molar-refractivity contribution in [2.75, 3.05) is 19.5 Å². The molecule has 0 spiro atoms. The summed E-state index contributed by atoms with van der Waals surface area (Å²) in [7, 11) is -0.858. The SMILES string of the molecule is CNC(=O)c1ccc(NC(=O)[C@H](C)NS(=O)(=O)c2ccc(OC)cc2)cc1. The number of amides is 2. The molecule has 2 aromatic rings. The van der Waals surface area contributed by atoms with Crippen molar-refractivity contribution >= 4 is 27.5 Å². The molecule has 0 radical (unpaired) electrons. The third-order valence-corrected chi connectivity index (χ3v) is 5.29. The Labute approximate surface area is 158 Å². The van der Waals surface area contributed by atoms with E-state index in [1.165, 1.54) is 45.3 Å². The number of ether oxygens (including phenoxy) is 1. The number of hydrogen-bond donors (Lipinski definition) is 3. The molecule has 8 nitrogen and oxygen atoms in total. The van der Waals surface area contributed by atoms with Gasteiger partial charge in [0.25, 0.3) is 5.91 Å². The van der Waals surface area contributed by atoms with Gasteiger partial charge in [-0.05, 0) is 55.5 Å². The molecule has 1 atom stereocenters. The molecule has 3 N–H and O–H groups in total. The van der Waals surface area contributed by atoms with Gasteiger partial charge in [0.1, 0.15) is 5.75 Å². The summed E-state index contributed by atoms with van der Waals surface area (Å²) in [6, 6.07) is 11.1. The summed E-state index contributed by atoms with van der Waals surface area (Å²) >= 11 is 0. The van der Waals surface area contributed by atoms with Gasteiger partial charge in [-0.25, -0.2) is 8.42 Å². The zero-order valence-corrected chi connectivity index (χ0v) is 16.0. The van der Waals surface area contributed by atoms with E-state index in [1.54, 1.807) is 24.3 Å². The average molecular weight is 391 g/mol. The second kappa shape index (κ2) is 8.65. The Kier molecular flexibility index (Phi) is 6.54. The lowest BCUT2D eigenvalue weighted by Gasteiger charge is -2.15. The maximum Gasteiger partial charge on any atom is 0.251 e. The molecule has 2 aromatic carbocycles. The molecule has 0 aliphatic rings. The Bertz CT molecular complexity index is 909. The summed E-state index contributed by atoms with van der Waals surface area (Å²) in [6.07, 6.45) is 0. The Balaban J connectivity index is 2.02. The molecule has 0 saturated heterocycles. The Morgan fingerprint density at radius 1 is 1.00 bits per heavy atom. The van der Waals surface area contributed by atoms with E-state index in [0.717, 1.165) is 0 Å². The van der Waals surface area contributed by atoms with Gasteiger partial charge in [-0.3, -0.25) is 9.59 Å². The third-order valence-electron chi connectivity index (χ3n) is 3.74. The first-order chi connectivity index (χ1) is 12.8. The predicted octanol–water partition coefficient (Wildman–Crippen LogP) is 1.36. The molecule has 0 bridgehead atoms. The molecule has 0 heterocycles. The van der Waals surface area contributed by atoms with Crippen LogP contribution in [-0.4, -0.2) is 40.4 Å². The largest absolute Gasteiger partial charge is 0.497 e. The monoisotopic (exact) mass is 391 g/mol. The fourth-order valence-electron chi connectivity index (χ4n) is 2.21. The normalized spacial score (nSPS) is 12.1. The smallest absolute Gasteiger partial charge is 0.251 e. The van der Waals surface area contributed by atoms with Gasteiger partial charge in [0.05, 0.1) is 18.0 Å². The molecule has 2 amide bonds. The fourth-order valence-corrected chi connectivity index (χ4v) is 3.41. The summed E-state index contributed by atoms with van der Waals surface area (Å²) in [5.41, 5.74) is 0.895. The summed E-state index contributed by atoms with van der Waals surface area (Å²) < 4.78 is 32.1. The minimum absolute atomic E-state index is 0.0258. The van der Waals surface area contributed by atoms with Crippen molar-refractivity contribution in [1.82, 2.24) is 10.0 Å². The van der Waals surface area contributed by atoms with Crippen molar-refractivity contribution in [3.05, 3.63) is 54.1 Å². The van der Waals surface area contributed by atoms with Gasteiger partial charge in [-0.15, -0.1) is 0 Å². The molecule has 0 aliphatic carbocycles. The summed E-state index contributed by atoms with van der Waals surface area (Å²) in [5.74, 6) is -0.242. The van der Waals surface area contributed by atoms with Crippen LogP contribution in [0.5, 0.6) is 5.75 Å². The van der Waals surface area contributed by atoms with Crippen LogP contribution in [0.15, 0.2) is 53.4 Å². The molecule has 144 valence electrons. The van der Waals surface area contributed by atoms with Crippen molar-refractivity contribution in [2.45, 2.75) is 17.9 Å². The predicted molar refractivity (Wildman–Crippen MR) is 101 cm³/mol. The van der Waals surface area contributed by atoms with E-state index >= 15 is 0 Å². The first-order valence-electron chi connectivity index (χ1n) is 8.06. The highest BCUT2D eigenvalue weighted by Gasteiger charge is 2.22. The second-order valence-corrected chi connectivity index (χ2v) is 7.38. The van der Waals surface area contributed by atoms with Crippen LogP contribution in [0.3, 0.4) is 0 Å². The van der Waals surface area contributed by atoms with E-state index in [0.29, 0.717) is 17.0 Å². The van der Waals surface area contributed by atoms with Crippen molar-refractivity contribution in [3.63, 3.8) is 0 Å². The minimum atomic E-state index is -3.86. The molecule has 0 unspecified atom stereocenters. The highest BCUT2D eigenvalue weighted by Crippen LogP contribution is 2.16. The number of hydrogen-bond acceptors (Lipinski definition) is 5. The maximum absolute atomic E-state index is 12.4. The molecule has 0 saturated carbocycles. The number of benzene rings is 2. The third kappa shape index (κ3) is 5.28. The summed E-state index contributed by atoms with van der Waals surface area (Å²) in [6.45, 7) is 1.44. The quantitative estimate of drug-likeness (QED) is 0.659. The first-order valence-corrected chi connectivity index (χ1v) is 9.54. The molecular formula is C18H21N3O5S. The van der Waals surface area contributed by atoms with E-state index in [1.807, 2.05) is 0 Å². The summed E-state index contributed by atoms with van der Waals surface area (Å²) in [5, 5.41) is 5.10. The van der Waals surface area contributed by atoms with Crippen molar-refractivity contribution in [3.8, 4) is 5.75 Å². The number of anilines is 1. The topological polar surface area (TPSA) is 114 Å². The Morgan fingerprint density at radius 2 is 1.59 bits per heavy atom. The average Bonchev–Trinajstić information content (AvgIpc) is 2.67. The lowest BCUT2D eigenvalue weighted by Crippen LogP contribution is -2.41. The van der Waals surface area contributed by atoms with Crippen LogP contribution in [-0.2, 0) is 14.8 Å². The molecule has 0 aromatic heterocycles. The van der Waals surface area contributed by atoms with Gasteiger partial charge in [-0.1, -0.05) is 0 Å². The van der Waals surface area contributed by atoms with E-state index in [-0.39, 0.29) is 10.8 Å². The highest BCUT2D eigenvalue weighted by molar-refractivity contribution is 7.89. The Hall–Kier alpha value is -2.91. The van der Waals surface area contributed by atoms with Crippen LogP contribution < -0.4 is 20.1 Å². The van der Waals surface area contributed by atoms with Gasteiger partial charge in [0.15, 0.2) is 0 Å². The maximum atomic E-state index is 12.4. The molecule has 0 fully saturated rings. The van der Waals surface area contributed by atoms with Crippen LogP contribution in [0.4, 0.5) is 5.69 Å². The number of sulfonamides is 1. The second-order valence-electron chi connectivity index (χ2n) is 5.66. The number of carbonyl (C=O) groups excluding carboxylic acids is 2. The summed E-state index contributed by atoms with van der Waals surface area (Å²) in [4.78, 5) is 23.8. The van der Waals surface area contributed by atoms with Crippen molar-refractivity contribution in [1.29, 1.82) is 0 Å². The van der Waals surface area contributed by atoms with Crippen LogP contribution in [0, 0.1) is 0 Å².